The molecule has 9 nitrogen and oxygen atoms in total. The van der Waals surface area contributed by atoms with Gasteiger partial charge in [-0.05, 0) is 31.7 Å². The maximum Gasteiger partial charge on any atom is 0.433 e. The predicted molar refractivity (Wildman–Crippen MR) is 102 cm³/mol. The number of aromatic nitrogens is 4. The fraction of sp³-hybridized carbons (Fsp3) is 0.556. The van der Waals surface area contributed by atoms with Gasteiger partial charge in [0.1, 0.15) is 17.4 Å². The fourth-order valence-corrected chi connectivity index (χ4v) is 3.91. The summed E-state index contributed by atoms with van der Waals surface area (Å²) >= 11 is 0. The number of nitrogens with zero attached hydrogens (tertiary/aromatic N) is 5. The molecule has 12 heteroatoms. The van der Waals surface area contributed by atoms with Crippen LogP contribution in [-0.2, 0) is 17.5 Å². The van der Waals surface area contributed by atoms with E-state index in [0.29, 0.717) is 36.0 Å². The second kappa shape index (κ2) is 7.42. The largest absolute Gasteiger partial charge is 0.433 e. The molecule has 1 aliphatic carbocycles. The number of aliphatic hydroxyl groups is 1. The monoisotopic (exact) mass is 425 g/mol. The minimum Gasteiger partial charge on any atom is -0.394 e. The van der Waals surface area contributed by atoms with Crippen molar-refractivity contribution in [2.75, 3.05) is 29.2 Å². The normalized spacial score (nSPS) is 23.6. The van der Waals surface area contributed by atoms with Gasteiger partial charge in [-0.2, -0.15) is 23.3 Å². The summed E-state index contributed by atoms with van der Waals surface area (Å²) in [5.74, 6) is 0.636. The standard InChI is InChI=1S/C18H22F3N7O2/c1-9-14-15(27(2)12(8-29)16(30)25-14)26-17(23-9)24-11-5-10(6-11)7-28-13(3-4-22-28)18(19,20)21/h3-4,10-12,29H,5-8H2,1-2H3,(H,25,30)(H,23,24,26)/t10?,11?,12-/m0/s1. The van der Waals surface area contributed by atoms with Gasteiger partial charge in [0, 0.05) is 25.8 Å². The first-order valence-corrected chi connectivity index (χ1v) is 9.56. The molecule has 0 saturated heterocycles. The highest BCUT2D eigenvalue weighted by atomic mass is 19.4. The lowest BCUT2D eigenvalue weighted by molar-refractivity contribution is -0.144. The third kappa shape index (κ3) is 3.66. The molecule has 0 bridgehead atoms. The summed E-state index contributed by atoms with van der Waals surface area (Å²) in [6.45, 7) is 1.61. The third-order valence-corrected chi connectivity index (χ3v) is 5.60. The van der Waals surface area contributed by atoms with Crippen LogP contribution < -0.4 is 15.5 Å². The van der Waals surface area contributed by atoms with Crippen molar-refractivity contribution >= 4 is 23.4 Å². The van der Waals surface area contributed by atoms with Crippen LogP contribution in [0, 0.1) is 12.8 Å². The molecule has 2 aromatic heterocycles. The van der Waals surface area contributed by atoms with Crippen LogP contribution in [0.15, 0.2) is 12.3 Å². The van der Waals surface area contributed by atoms with Crippen LogP contribution in [0.4, 0.5) is 30.6 Å². The van der Waals surface area contributed by atoms with Crippen molar-refractivity contribution in [2.24, 2.45) is 5.92 Å². The van der Waals surface area contributed by atoms with E-state index in [1.165, 1.54) is 0 Å². The summed E-state index contributed by atoms with van der Waals surface area (Å²) in [7, 11) is 1.68. The van der Waals surface area contributed by atoms with Crippen LogP contribution in [0.5, 0.6) is 0 Å². The number of amides is 1. The summed E-state index contributed by atoms with van der Waals surface area (Å²) in [5, 5.41) is 19.2. The minimum absolute atomic E-state index is 0.0366. The van der Waals surface area contributed by atoms with Crippen LogP contribution in [0.3, 0.4) is 0 Å². The number of rotatable bonds is 5. The number of aryl methyl sites for hydroxylation is 1. The summed E-state index contributed by atoms with van der Waals surface area (Å²) in [5.41, 5.74) is 0.347. The van der Waals surface area contributed by atoms with Gasteiger partial charge in [0.2, 0.25) is 11.9 Å². The zero-order chi connectivity index (χ0) is 21.6. The maximum atomic E-state index is 13.0. The molecule has 1 saturated carbocycles. The Hall–Kier alpha value is -2.89. The van der Waals surface area contributed by atoms with Gasteiger partial charge in [0.05, 0.1) is 12.3 Å². The van der Waals surface area contributed by atoms with E-state index < -0.39 is 17.9 Å². The summed E-state index contributed by atoms with van der Waals surface area (Å²) in [4.78, 5) is 22.5. The maximum absolute atomic E-state index is 13.0. The molecular formula is C18H22F3N7O2. The Morgan fingerprint density at radius 1 is 1.33 bits per heavy atom. The first-order chi connectivity index (χ1) is 14.2. The summed E-state index contributed by atoms with van der Waals surface area (Å²) in [6, 6.07) is 0.284. The number of halogens is 3. The van der Waals surface area contributed by atoms with Crippen molar-refractivity contribution < 1.29 is 23.1 Å². The number of carbonyl (C=O) groups excluding carboxylic acids is 1. The van der Waals surface area contributed by atoms with E-state index in [9.17, 15) is 23.1 Å². The van der Waals surface area contributed by atoms with E-state index in [1.807, 2.05) is 0 Å². The van der Waals surface area contributed by atoms with Gasteiger partial charge in [0.15, 0.2) is 5.82 Å². The molecule has 30 heavy (non-hydrogen) atoms. The molecule has 0 unspecified atom stereocenters. The minimum atomic E-state index is -4.42. The number of hydrogen-bond donors (Lipinski definition) is 3. The Labute approximate surface area is 170 Å². The van der Waals surface area contributed by atoms with Crippen LogP contribution in [0.2, 0.25) is 0 Å². The number of fused-ring (bicyclic) bond motifs is 1. The van der Waals surface area contributed by atoms with Crippen molar-refractivity contribution in [3.05, 3.63) is 23.7 Å². The molecule has 1 amide bonds. The number of aliphatic hydroxyl groups excluding tert-OH is 1. The van der Waals surface area contributed by atoms with Crippen molar-refractivity contribution in [1.29, 1.82) is 0 Å². The molecular weight excluding hydrogens is 403 g/mol. The van der Waals surface area contributed by atoms with E-state index in [2.05, 4.69) is 25.7 Å². The second-order valence-electron chi connectivity index (χ2n) is 7.70. The average molecular weight is 425 g/mol. The quantitative estimate of drug-likeness (QED) is 0.668. The van der Waals surface area contributed by atoms with Crippen LogP contribution in [0.25, 0.3) is 0 Å². The lowest BCUT2D eigenvalue weighted by Gasteiger charge is -2.37. The third-order valence-electron chi connectivity index (χ3n) is 5.60. The Morgan fingerprint density at radius 2 is 2.07 bits per heavy atom. The van der Waals surface area contributed by atoms with E-state index in [4.69, 9.17) is 0 Å². The van der Waals surface area contributed by atoms with Crippen molar-refractivity contribution in [2.45, 2.75) is 44.6 Å². The molecule has 1 aliphatic heterocycles. The Bertz CT molecular complexity index is 956. The first-order valence-electron chi connectivity index (χ1n) is 9.56. The van der Waals surface area contributed by atoms with Gasteiger partial charge in [-0.3, -0.25) is 9.48 Å². The van der Waals surface area contributed by atoms with Crippen molar-refractivity contribution in [1.82, 2.24) is 19.7 Å². The molecule has 0 aromatic carbocycles. The van der Waals surface area contributed by atoms with E-state index in [0.717, 1.165) is 16.9 Å². The highest BCUT2D eigenvalue weighted by Gasteiger charge is 2.38. The van der Waals surface area contributed by atoms with E-state index in [-0.39, 0.29) is 31.0 Å². The van der Waals surface area contributed by atoms with Gasteiger partial charge in [-0.25, -0.2) is 4.98 Å². The van der Waals surface area contributed by atoms with Gasteiger partial charge in [0.25, 0.3) is 0 Å². The lowest BCUT2D eigenvalue weighted by Crippen LogP contribution is -2.49. The van der Waals surface area contributed by atoms with Crippen molar-refractivity contribution in [3.8, 4) is 0 Å². The average Bonchev–Trinajstić information content (AvgIpc) is 3.10. The molecule has 1 fully saturated rings. The first kappa shape index (κ1) is 20.4. The summed E-state index contributed by atoms with van der Waals surface area (Å²) < 4.78 is 39.9. The second-order valence-corrected chi connectivity index (χ2v) is 7.70. The Balaban J connectivity index is 1.40. The number of anilines is 3. The highest BCUT2D eigenvalue weighted by molar-refractivity contribution is 6.03. The van der Waals surface area contributed by atoms with E-state index >= 15 is 0 Å². The van der Waals surface area contributed by atoms with Crippen LogP contribution >= 0.6 is 0 Å². The fourth-order valence-electron chi connectivity index (χ4n) is 3.91. The molecule has 0 spiro atoms. The van der Waals surface area contributed by atoms with Gasteiger partial charge in [-0.1, -0.05) is 0 Å². The zero-order valence-electron chi connectivity index (χ0n) is 16.4. The molecule has 2 aliphatic rings. The molecule has 0 radical (unpaired) electrons. The summed E-state index contributed by atoms with van der Waals surface area (Å²) in [6.07, 6.45) is -1.92. The van der Waals surface area contributed by atoms with Crippen LogP contribution in [0.1, 0.15) is 24.2 Å². The van der Waals surface area contributed by atoms with E-state index in [1.54, 1.807) is 18.9 Å². The SMILES string of the molecule is Cc1nc(NC2CC(Cn3nccc3C(F)(F)F)C2)nc2c1NC(=O)[C@H](CO)N2C. The molecule has 162 valence electrons. The molecule has 1 atom stereocenters. The topological polar surface area (TPSA) is 108 Å². The zero-order valence-corrected chi connectivity index (χ0v) is 16.4. The van der Waals surface area contributed by atoms with Crippen molar-refractivity contribution in [3.63, 3.8) is 0 Å². The molecule has 3 N–H and O–H groups in total. The molecule has 2 aromatic rings. The van der Waals surface area contributed by atoms with Gasteiger partial charge >= 0.3 is 6.18 Å². The molecule has 3 heterocycles. The Morgan fingerprint density at radius 3 is 2.73 bits per heavy atom. The number of hydrogen-bond acceptors (Lipinski definition) is 7. The van der Waals surface area contributed by atoms with Gasteiger partial charge < -0.3 is 20.6 Å². The smallest absolute Gasteiger partial charge is 0.394 e. The molecule has 4 rings (SSSR count). The Kier molecular flexibility index (Phi) is 5.04. The predicted octanol–water partition coefficient (Wildman–Crippen LogP) is 1.64. The number of carbonyl (C=O) groups is 1. The van der Waals surface area contributed by atoms with Gasteiger partial charge in [-0.15, -0.1) is 0 Å². The number of likely N-dealkylation sites (N-methyl/N-ethyl adjacent to an activating group) is 1. The highest BCUT2D eigenvalue weighted by Crippen LogP contribution is 2.36. The number of alkyl halides is 3. The van der Waals surface area contributed by atoms with Crippen LogP contribution in [-0.4, -0.2) is 56.5 Å². The number of nitrogens with one attached hydrogen (secondary N) is 2. The lowest BCUT2D eigenvalue weighted by atomic mass is 9.80.